The highest BCUT2D eigenvalue weighted by atomic mass is 19.4. The average molecular weight is 311 g/mol. The Labute approximate surface area is 128 Å². The first-order valence-electron chi connectivity index (χ1n) is 7.34. The van der Waals surface area contributed by atoms with E-state index < -0.39 is 11.7 Å². The number of alkyl halides is 3. The van der Waals surface area contributed by atoms with Crippen LogP contribution in [0.25, 0.3) is 0 Å². The van der Waals surface area contributed by atoms with Gasteiger partial charge < -0.3 is 10.1 Å². The fourth-order valence-corrected chi connectivity index (χ4v) is 2.37. The van der Waals surface area contributed by atoms with E-state index in [2.05, 4.69) is 5.32 Å². The second-order valence-electron chi connectivity index (χ2n) is 5.23. The van der Waals surface area contributed by atoms with Gasteiger partial charge in [0.2, 0.25) is 0 Å². The Morgan fingerprint density at radius 3 is 2.41 bits per heavy atom. The Morgan fingerprint density at radius 2 is 1.86 bits per heavy atom. The molecule has 5 heteroatoms. The normalized spacial score (nSPS) is 16.7. The molecule has 1 atom stereocenters. The highest BCUT2D eigenvalue weighted by Gasteiger charge is 2.34. The minimum absolute atomic E-state index is 0.0249. The van der Waals surface area contributed by atoms with Crippen LogP contribution in [0.4, 0.5) is 13.2 Å². The summed E-state index contributed by atoms with van der Waals surface area (Å²) in [6.45, 7) is 0.774. The number of benzene rings is 1. The van der Waals surface area contributed by atoms with E-state index >= 15 is 0 Å². The van der Waals surface area contributed by atoms with Crippen molar-refractivity contribution in [2.75, 3.05) is 13.6 Å². The van der Waals surface area contributed by atoms with Gasteiger partial charge in [-0.15, -0.1) is 0 Å². The molecule has 1 aliphatic carbocycles. The van der Waals surface area contributed by atoms with Gasteiger partial charge in [0.1, 0.15) is 6.10 Å². The molecule has 1 N–H and O–H groups in total. The summed E-state index contributed by atoms with van der Waals surface area (Å²) >= 11 is 0. The van der Waals surface area contributed by atoms with Gasteiger partial charge in [-0.25, -0.2) is 0 Å². The third-order valence-electron chi connectivity index (χ3n) is 3.60. The standard InChI is InChI=1S/C17H20F3NO/c1-21-12-11-16(13-5-3-2-4-6-13)22-15-9-7-14(8-10-15)17(18,19)20/h2-7,9,16,21H,8,10-12H2,1H3. The molecule has 0 spiro atoms. The van der Waals surface area contributed by atoms with Crippen LogP contribution >= 0.6 is 0 Å². The Kier molecular flexibility index (Phi) is 5.66. The number of nitrogens with one attached hydrogen (secondary N) is 1. The molecule has 0 aliphatic heterocycles. The van der Waals surface area contributed by atoms with Gasteiger partial charge in [0.25, 0.3) is 0 Å². The molecule has 1 aromatic rings. The zero-order valence-electron chi connectivity index (χ0n) is 12.5. The smallest absolute Gasteiger partial charge is 0.412 e. The van der Waals surface area contributed by atoms with Crippen molar-refractivity contribution in [2.45, 2.75) is 31.5 Å². The molecule has 22 heavy (non-hydrogen) atoms. The predicted molar refractivity (Wildman–Crippen MR) is 80.3 cm³/mol. The number of ether oxygens (including phenoxy) is 1. The first-order valence-corrected chi connectivity index (χ1v) is 7.34. The summed E-state index contributed by atoms with van der Waals surface area (Å²) in [6, 6.07) is 9.74. The molecular weight excluding hydrogens is 291 g/mol. The van der Waals surface area contributed by atoms with E-state index in [1.165, 1.54) is 6.08 Å². The van der Waals surface area contributed by atoms with Gasteiger partial charge in [-0.3, -0.25) is 0 Å². The Bertz CT molecular complexity index is 535. The van der Waals surface area contributed by atoms with Gasteiger partial charge in [0.15, 0.2) is 0 Å². The van der Waals surface area contributed by atoms with Gasteiger partial charge in [-0.05, 0) is 31.7 Å². The van der Waals surface area contributed by atoms with Crippen molar-refractivity contribution in [3.8, 4) is 0 Å². The average Bonchev–Trinajstić information content (AvgIpc) is 2.52. The predicted octanol–water partition coefficient (Wildman–Crippen LogP) is 4.52. The molecule has 0 fully saturated rings. The van der Waals surface area contributed by atoms with Crippen molar-refractivity contribution in [3.63, 3.8) is 0 Å². The van der Waals surface area contributed by atoms with Crippen molar-refractivity contribution >= 4 is 0 Å². The van der Waals surface area contributed by atoms with Crippen LogP contribution in [-0.4, -0.2) is 19.8 Å². The molecule has 0 amide bonds. The van der Waals surface area contributed by atoms with Crippen LogP contribution in [0, 0.1) is 0 Å². The molecule has 2 nitrogen and oxygen atoms in total. The summed E-state index contributed by atoms with van der Waals surface area (Å²) in [5.74, 6) is 0.609. The molecule has 0 saturated carbocycles. The van der Waals surface area contributed by atoms with Crippen LogP contribution in [-0.2, 0) is 4.74 Å². The van der Waals surface area contributed by atoms with E-state index in [-0.39, 0.29) is 18.9 Å². The second kappa shape index (κ2) is 7.49. The van der Waals surface area contributed by atoms with E-state index in [0.29, 0.717) is 5.76 Å². The summed E-state index contributed by atoms with van der Waals surface area (Å²) in [5, 5.41) is 3.07. The third kappa shape index (κ3) is 4.63. The summed E-state index contributed by atoms with van der Waals surface area (Å²) in [4.78, 5) is 0. The van der Waals surface area contributed by atoms with Crippen LogP contribution in [0.5, 0.6) is 0 Å². The quantitative estimate of drug-likeness (QED) is 0.834. The molecule has 2 rings (SSSR count). The lowest BCUT2D eigenvalue weighted by molar-refractivity contribution is -0.0945. The largest absolute Gasteiger partial charge is 0.490 e. The Hall–Kier alpha value is -1.75. The summed E-state index contributed by atoms with van der Waals surface area (Å²) < 4.78 is 43.8. The fraction of sp³-hybridized carbons (Fsp3) is 0.412. The van der Waals surface area contributed by atoms with Crippen LogP contribution < -0.4 is 5.32 Å². The van der Waals surface area contributed by atoms with Crippen LogP contribution in [0.15, 0.2) is 53.8 Å². The van der Waals surface area contributed by atoms with Crippen molar-refractivity contribution in [2.24, 2.45) is 0 Å². The third-order valence-corrected chi connectivity index (χ3v) is 3.60. The summed E-state index contributed by atoms with van der Waals surface area (Å²) in [5.41, 5.74) is 0.538. The highest BCUT2D eigenvalue weighted by Crippen LogP contribution is 2.35. The van der Waals surface area contributed by atoms with Crippen molar-refractivity contribution in [1.82, 2.24) is 5.32 Å². The van der Waals surface area contributed by atoms with E-state index in [9.17, 15) is 13.2 Å². The maximum absolute atomic E-state index is 12.6. The van der Waals surface area contributed by atoms with E-state index in [0.717, 1.165) is 24.6 Å². The van der Waals surface area contributed by atoms with Crippen molar-refractivity contribution in [3.05, 3.63) is 59.4 Å². The summed E-state index contributed by atoms with van der Waals surface area (Å²) in [7, 11) is 1.86. The first-order chi connectivity index (χ1) is 10.5. The SMILES string of the molecule is CNCCC(OC1=CC=C(C(F)(F)F)CC1)c1ccccc1. The monoisotopic (exact) mass is 311 g/mol. The number of hydrogen-bond acceptors (Lipinski definition) is 2. The molecular formula is C17H20F3NO. The number of rotatable bonds is 6. The van der Waals surface area contributed by atoms with Gasteiger partial charge in [-0.2, -0.15) is 13.2 Å². The van der Waals surface area contributed by atoms with Crippen LogP contribution in [0.2, 0.25) is 0 Å². The molecule has 1 aliphatic rings. The lowest BCUT2D eigenvalue weighted by atomic mass is 10.0. The molecule has 0 bridgehead atoms. The minimum atomic E-state index is -4.24. The van der Waals surface area contributed by atoms with Gasteiger partial charge >= 0.3 is 6.18 Å². The zero-order chi connectivity index (χ0) is 16.0. The second-order valence-corrected chi connectivity index (χ2v) is 5.23. The van der Waals surface area contributed by atoms with Crippen molar-refractivity contribution < 1.29 is 17.9 Å². The number of halogens is 3. The first kappa shape index (κ1) is 16.6. The van der Waals surface area contributed by atoms with Crippen molar-refractivity contribution in [1.29, 1.82) is 0 Å². The maximum Gasteiger partial charge on any atom is 0.412 e. The summed E-state index contributed by atoms with van der Waals surface area (Å²) in [6.07, 6.45) is -0.806. The topological polar surface area (TPSA) is 21.3 Å². The van der Waals surface area contributed by atoms with Crippen LogP contribution in [0.1, 0.15) is 30.9 Å². The number of hydrogen-bond donors (Lipinski definition) is 1. The molecule has 1 aromatic carbocycles. The lowest BCUT2D eigenvalue weighted by Crippen LogP contribution is -2.17. The van der Waals surface area contributed by atoms with E-state index in [1.807, 2.05) is 37.4 Å². The van der Waals surface area contributed by atoms with E-state index in [4.69, 9.17) is 4.74 Å². The van der Waals surface area contributed by atoms with E-state index in [1.54, 1.807) is 0 Å². The lowest BCUT2D eigenvalue weighted by Gasteiger charge is -2.24. The Morgan fingerprint density at radius 1 is 1.14 bits per heavy atom. The molecule has 0 radical (unpaired) electrons. The molecule has 0 aromatic heterocycles. The van der Waals surface area contributed by atoms with Gasteiger partial charge in [-0.1, -0.05) is 36.4 Å². The molecule has 0 saturated heterocycles. The molecule has 1 unspecified atom stereocenters. The van der Waals surface area contributed by atoms with Gasteiger partial charge in [0, 0.05) is 18.4 Å². The number of allylic oxidation sites excluding steroid dienone is 4. The highest BCUT2D eigenvalue weighted by molar-refractivity contribution is 5.25. The van der Waals surface area contributed by atoms with Crippen LogP contribution in [0.3, 0.4) is 0 Å². The minimum Gasteiger partial charge on any atom is -0.490 e. The fourth-order valence-electron chi connectivity index (χ4n) is 2.37. The molecule has 120 valence electrons. The maximum atomic E-state index is 12.6. The van der Waals surface area contributed by atoms with Gasteiger partial charge in [0.05, 0.1) is 5.76 Å². The zero-order valence-corrected chi connectivity index (χ0v) is 12.5. The molecule has 0 heterocycles. The Balaban J connectivity index is 2.08.